The Hall–Kier alpha value is -3.17. The van der Waals surface area contributed by atoms with Crippen LogP contribution in [0.5, 0.6) is 5.75 Å². The highest BCUT2D eigenvalue weighted by atomic mass is 32.2. The highest BCUT2D eigenvalue weighted by Gasteiger charge is 2.28. The second kappa shape index (κ2) is 9.54. The van der Waals surface area contributed by atoms with E-state index in [0.29, 0.717) is 24.6 Å². The molecule has 168 valence electrons. The molecular formula is C23H23FN2O5S. The van der Waals surface area contributed by atoms with Crippen molar-refractivity contribution in [3.63, 3.8) is 0 Å². The minimum atomic E-state index is -3.72. The molecule has 1 aliphatic rings. The summed E-state index contributed by atoms with van der Waals surface area (Å²) in [6.45, 7) is 0.999. The van der Waals surface area contributed by atoms with Gasteiger partial charge in [0.2, 0.25) is 10.0 Å². The van der Waals surface area contributed by atoms with Crippen LogP contribution in [0, 0.1) is 5.82 Å². The van der Waals surface area contributed by atoms with Gasteiger partial charge in [-0.05, 0) is 61.4 Å². The summed E-state index contributed by atoms with van der Waals surface area (Å²) in [5.41, 5.74) is 0.198. The number of carbonyl (C=O) groups is 1. The molecule has 7 nitrogen and oxygen atoms in total. The zero-order valence-electron chi connectivity index (χ0n) is 17.3. The Morgan fingerprint density at radius 1 is 1.00 bits per heavy atom. The Labute approximate surface area is 185 Å². The number of nitrogens with zero attached hydrogens (tertiary/aromatic N) is 1. The number of ether oxygens (including phenoxy) is 1. The van der Waals surface area contributed by atoms with Crippen LogP contribution in [0.25, 0.3) is 0 Å². The smallest absolute Gasteiger partial charge is 0.291 e. The van der Waals surface area contributed by atoms with E-state index in [0.717, 1.165) is 19.3 Å². The molecule has 0 saturated carbocycles. The summed E-state index contributed by atoms with van der Waals surface area (Å²) in [4.78, 5) is 12.8. The van der Waals surface area contributed by atoms with Crippen LogP contribution < -0.4 is 10.1 Å². The summed E-state index contributed by atoms with van der Waals surface area (Å²) in [7, 11) is -3.72. The molecule has 1 aromatic heterocycles. The number of furan rings is 1. The van der Waals surface area contributed by atoms with Gasteiger partial charge in [-0.25, -0.2) is 12.8 Å². The third-order valence-corrected chi connectivity index (χ3v) is 7.11. The fraction of sp³-hybridized carbons (Fsp3) is 0.261. The lowest BCUT2D eigenvalue weighted by molar-refractivity contribution is 0.0992. The van der Waals surface area contributed by atoms with E-state index in [1.54, 1.807) is 24.3 Å². The van der Waals surface area contributed by atoms with Crippen molar-refractivity contribution in [2.24, 2.45) is 0 Å². The van der Waals surface area contributed by atoms with Crippen LogP contribution in [-0.2, 0) is 16.6 Å². The number of nitrogens with one attached hydrogen (secondary N) is 1. The van der Waals surface area contributed by atoms with E-state index in [2.05, 4.69) is 5.32 Å². The second-order valence-electron chi connectivity index (χ2n) is 7.42. The van der Waals surface area contributed by atoms with Crippen LogP contribution in [0.4, 0.5) is 10.1 Å². The summed E-state index contributed by atoms with van der Waals surface area (Å²) < 4.78 is 51.6. The van der Waals surface area contributed by atoms with E-state index >= 15 is 0 Å². The molecule has 9 heteroatoms. The van der Waals surface area contributed by atoms with Crippen LogP contribution in [0.2, 0.25) is 0 Å². The molecule has 0 unspecified atom stereocenters. The first kappa shape index (κ1) is 22.0. The number of hydrogen-bond donors (Lipinski definition) is 1. The standard InChI is InChI=1S/C23H23FN2O5S/c24-17-8-10-18(11-9-17)30-16-19-12-13-21(31-19)23(27)25-20-6-2-3-7-22(20)32(28,29)26-14-4-1-5-15-26/h2-3,6-13H,1,4-5,14-16H2,(H,25,27). The molecule has 1 N–H and O–H groups in total. The molecule has 3 aromatic rings. The van der Waals surface area contributed by atoms with E-state index in [4.69, 9.17) is 9.15 Å². The monoisotopic (exact) mass is 458 g/mol. The van der Waals surface area contributed by atoms with Gasteiger partial charge in [0.25, 0.3) is 5.91 Å². The van der Waals surface area contributed by atoms with Gasteiger partial charge < -0.3 is 14.5 Å². The van der Waals surface area contributed by atoms with Crippen molar-refractivity contribution in [1.82, 2.24) is 4.31 Å². The van der Waals surface area contributed by atoms with Crippen molar-refractivity contribution < 1.29 is 26.8 Å². The van der Waals surface area contributed by atoms with Crippen molar-refractivity contribution >= 4 is 21.6 Å². The van der Waals surface area contributed by atoms with Gasteiger partial charge in [-0.15, -0.1) is 0 Å². The number of para-hydroxylation sites is 1. The number of amides is 1. The van der Waals surface area contributed by atoms with E-state index < -0.39 is 15.9 Å². The molecule has 1 saturated heterocycles. The highest BCUT2D eigenvalue weighted by Crippen LogP contribution is 2.27. The normalized spacial score (nSPS) is 14.8. The minimum absolute atomic E-state index is 0.0212. The van der Waals surface area contributed by atoms with E-state index in [9.17, 15) is 17.6 Å². The van der Waals surface area contributed by atoms with E-state index in [1.165, 1.54) is 40.7 Å². The van der Waals surface area contributed by atoms with E-state index in [-0.39, 0.29) is 28.8 Å². The van der Waals surface area contributed by atoms with Crippen LogP contribution in [0.15, 0.2) is 70.0 Å². The number of carbonyl (C=O) groups excluding carboxylic acids is 1. The number of benzene rings is 2. The molecule has 1 aliphatic heterocycles. The molecule has 0 bridgehead atoms. The fourth-order valence-corrected chi connectivity index (χ4v) is 5.15. The Morgan fingerprint density at radius 2 is 1.72 bits per heavy atom. The molecule has 32 heavy (non-hydrogen) atoms. The number of anilines is 1. The van der Waals surface area contributed by atoms with Gasteiger partial charge in [-0.3, -0.25) is 4.79 Å². The van der Waals surface area contributed by atoms with Crippen molar-refractivity contribution in [2.75, 3.05) is 18.4 Å². The van der Waals surface area contributed by atoms with Crippen molar-refractivity contribution in [3.05, 3.63) is 78.0 Å². The first-order chi connectivity index (χ1) is 15.4. The van der Waals surface area contributed by atoms with Crippen molar-refractivity contribution in [3.8, 4) is 5.75 Å². The summed E-state index contributed by atoms with van der Waals surface area (Å²) in [6, 6.07) is 15.0. The average molecular weight is 459 g/mol. The fourth-order valence-electron chi connectivity index (χ4n) is 3.49. The zero-order valence-corrected chi connectivity index (χ0v) is 18.1. The Bertz CT molecular complexity index is 1190. The Kier molecular flexibility index (Phi) is 6.57. The van der Waals surface area contributed by atoms with Gasteiger partial charge in [0.05, 0.1) is 5.69 Å². The third-order valence-electron chi connectivity index (χ3n) is 5.15. The van der Waals surface area contributed by atoms with Crippen LogP contribution in [-0.4, -0.2) is 31.7 Å². The van der Waals surface area contributed by atoms with Crippen LogP contribution >= 0.6 is 0 Å². The quantitative estimate of drug-likeness (QED) is 0.566. The van der Waals surface area contributed by atoms with Gasteiger partial charge >= 0.3 is 0 Å². The highest BCUT2D eigenvalue weighted by molar-refractivity contribution is 7.89. The molecule has 0 atom stereocenters. The largest absolute Gasteiger partial charge is 0.486 e. The average Bonchev–Trinajstić information content (AvgIpc) is 3.29. The van der Waals surface area contributed by atoms with Crippen molar-refractivity contribution in [1.29, 1.82) is 0 Å². The maximum atomic E-state index is 13.1. The molecular weight excluding hydrogens is 435 g/mol. The van der Waals surface area contributed by atoms with Gasteiger partial charge in [0.1, 0.15) is 28.8 Å². The summed E-state index contributed by atoms with van der Waals surface area (Å²) in [6.07, 6.45) is 2.65. The zero-order chi connectivity index (χ0) is 22.6. The van der Waals surface area contributed by atoms with Crippen LogP contribution in [0.1, 0.15) is 35.6 Å². The molecule has 2 heterocycles. The molecule has 1 amide bonds. The van der Waals surface area contributed by atoms with Crippen LogP contribution in [0.3, 0.4) is 0 Å². The number of halogens is 1. The van der Waals surface area contributed by atoms with Gasteiger partial charge in [0.15, 0.2) is 5.76 Å². The van der Waals surface area contributed by atoms with E-state index in [1.807, 2.05) is 0 Å². The molecule has 1 fully saturated rings. The summed E-state index contributed by atoms with van der Waals surface area (Å²) >= 11 is 0. The first-order valence-electron chi connectivity index (χ1n) is 10.3. The van der Waals surface area contributed by atoms with Gasteiger partial charge in [-0.1, -0.05) is 18.6 Å². The number of sulfonamides is 1. The Morgan fingerprint density at radius 3 is 2.47 bits per heavy atom. The predicted octanol–water partition coefficient (Wildman–Crippen LogP) is 4.42. The Balaban J connectivity index is 1.45. The van der Waals surface area contributed by atoms with Gasteiger partial charge in [-0.2, -0.15) is 4.31 Å². The molecule has 2 aromatic carbocycles. The summed E-state index contributed by atoms with van der Waals surface area (Å²) in [5, 5.41) is 2.64. The lowest BCUT2D eigenvalue weighted by Crippen LogP contribution is -2.36. The maximum Gasteiger partial charge on any atom is 0.291 e. The number of hydrogen-bond acceptors (Lipinski definition) is 5. The third kappa shape index (κ3) is 5.00. The molecule has 4 rings (SSSR count). The first-order valence-corrected chi connectivity index (χ1v) is 11.7. The maximum absolute atomic E-state index is 13.1. The van der Waals surface area contributed by atoms with Gasteiger partial charge in [0, 0.05) is 13.1 Å². The molecule has 0 radical (unpaired) electrons. The molecule has 0 spiro atoms. The van der Waals surface area contributed by atoms with Crippen molar-refractivity contribution in [2.45, 2.75) is 30.8 Å². The number of piperidine rings is 1. The lowest BCUT2D eigenvalue weighted by Gasteiger charge is -2.26. The topological polar surface area (TPSA) is 88.9 Å². The minimum Gasteiger partial charge on any atom is -0.486 e. The SMILES string of the molecule is O=C(Nc1ccccc1S(=O)(=O)N1CCCCC1)c1ccc(COc2ccc(F)cc2)o1. The molecule has 0 aliphatic carbocycles. The summed E-state index contributed by atoms with van der Waals surface area (Å²) in [5.74, 6) is -0.0524. The lowest BCUT2D eigenvalue weighted by atomic mass is 10.2. The number of rotatable bonds is 7. The predicted molar refractivity (Wildman–Crippen MR) is 116 cm³/mol. The second-order valence-corrected chi connectivity index (χ2v) is 9.33.